The third kappa shape index (κ3) is 17.6. The molecular formula is C30H32N8O27S9. The molecule has 0 spiro atoms. The zero-order valence-corrected chi connectivity index (χ0v) is 43.1. The summed E-state index contributed by atoms with van der Waals surface area (Å²) in [5.74, 6) is -2.81. The van der Waals surface area contributed by atoms with Crippen LogP contribution in [0.2, 0.25) is 0 Å². The fraction of sp³-hybridized carbons (Fsp3) is 0.200. The fourth-order valence-corrected chi connectivity index (χ4v) is 11.8. The predicted octanol–water partition coefficient (Wildman–Crippen LogP) is 3.98. The summed E-state index contributed by atoms with van der Waals surface area (Å²) in [6.45, 7) is -2.37. The first-order valence-electron chi connectivity index (χ1n) is 18.4. The third-order valence-corrected chi connectivity index (χ3v) is 17.4. The molecule has 0 heterocycles. The predicted molar refractivity (Wildman–Crippen MR) is 247 cm³/mol. The lowest BCUT2D eigenvalue weighted by atomic mass is 10.2. The molecule has 0 bridgehead atoms. The van der Waals surface area contributed by atoms with Gasteiger partial charge in [0, 0.05) is 0 Å². The number of nitrogen functional groups attached to an aromatic ring is 2. The number of nitrogens with zero attached hydrogens (tertiary/aromatic N) is 6. The molecule has 4 aromatic rings. The van der Waals surface area contributed by atoms with Gasteiger partial charge in [0.25, 0.3) is 30.4 Å². The maximum Gasteiger partial charge on any atom is 0.397 e. The molecule has 0 amide bonds. The molecule has 74 heavy (non-hydrogen) atoms. The Morgan fingerprint density at radius 1 is 0.432 bits per heavy atom. The van der Waals surface area contributed by atoms with E-state index in [-0.39, 0.29) is 24.6 Å². The minimum atomic E-state index is -5.43. The highest BCUT2D eigenvalue weighted by molar-refractivity contribution is 7.92. The molecule has 0 fully saturated rings. The summed E-state index contributed by atoms with van der Waals surface area (Å²) in [5.41, 5.74) is 6.59. The van der Waals surface area contributed by atoms with Crippen molar-refractivity contribution in [2.45, 2.75) is 29.4 Å². The minimum absolute atomic E-state index is 0.0324. The van der Waals surface area contributed by atoms with Crippen LogP contribution in [0.3, 0.4) is 0 Å². The van der Waals surface area contributed by atoms with Crippen LogP contribution in [0.5, 0.6) is 0 Å². The molecule has 0 radical (unpaired) electrons. The summed E-state index contributed by atoms with van der Waals surface area (Å²) in [7, 11) is -34.7. The van der Waals surface area contributed by atoms with Crippen molar-refractivity contribution in [3.8, 4) is 0 Å². The second kappa shape index (κ2) is 25.3. The van der Waals surface area contributed by atoms with Crippen molar-refractivity contribution >= 4 is 140 Å². The largest absolute Gasteiger partial charge is 0.397 e. The Hall–Kier alpha value is -4.89. The highest BCUT2D eigenvalue weighted by Crippen LogP contribution is 2.46. The molecular weight excluding hydrogens is 1190 g/mol. The molecule has 0 unspecified atom stereocenters. The molecule has 44 heteroatoms. The van der Waals surface area contributed by atoms with Gasteiger partial charge in [0.05, 0.1) is 63.1 Å². The summed E-state index contributed by atoms with van der Waals surface area (Å²) in [4.78, 5) is -5.88. The summed E-state index contributed by atoms with van der Waals surface area (Å²) in [6, 6.07) is 6.64. The highest BCUT2D eigenvalue weighted by atomic mass is 32.3. The van der Waals surface area contributed by atoms with Crippen molar-refractivity contribution in [1.82, 2.24) is 0 Å². The van der Waals surface area contributed by atoms with Crippen molar-refractivity contribution < 1.29 is 119 Å². The molecule has 0 atom stereocenters. The molecule has 0 aliphatic carbocycles. The van der Waals surface area contributed by atoms with Gasteiger partial charge in [0.2, 0.25) is 0 Å². The van der Waals surface area contributed by atoms with Crippen LogP contribution >= 0.6 is 24.6 Å². The number of hydrogen-bond acceptors (Lipinski definition) is 33. The first-order valence-corrected chi connectivity index (χ1v) is 30.3. The molecule has 408 valence electrons. The number of anilines is 2. The van der Waals surface area contributed by atoms with E-state index in [1.54, 1.807) is 0 Å². The van der Waals surface area contributed by atoms with Gasteiger partial charge in [-0.3, -0.25) is 26.6 Å². The van der Waals surface area contributed by atoms with E-state index in [4.69, 9.17) is 34.9 Å². The third-order valence-electron chi connectivity index (χ3n) is 8.50. The maximum atomic E-state index is 12.9. The second-order valence-electron chi connectivity index (χ2n) is 13.3. The van der Waals surface area contributed by atoms with Crippen molar-refractivity contribution in [2.24, 2.45) is 30.7 Å². The fourth-order valence-electron chi connectivity index (χ4n) is 5.22. The first-order chi connectivity index (χ1) is 34.2. The summed E-state index contributed by atoms with van der Waals surface area (Å²) < 4.78 is 234. The molecule has 0 aromatic heterocycles. The molecule has 0 aliphatic rings. The Labute approximate surface area is 426 Å². The van der Waals surface area contributed by atoms with Gasteiger partial charge in [-0.2, -0.15) is 33.7 Å². The van der Waals surface area contributed by atoms with Crippen LogP contribution in [0.1, 0.15) is 0 Å². The Balaban J connectivity index is 1.92. The van der Waals surface area contributed by atoms with Crippen LogP contribution in [0, 0.1) is 0 Å². The Kier molecular flexibility index (Phi) is 21.1. The van der Waals surface area contributed by atoms with E-state index in [0.29, 0.717) is 30.3 Å². The zero-order valence-electron chi connectivity index (χ0n) is 35.8. The molecule has 35 nitrogen and oxygen atoms in total. The number of hydrogen-bond donors (Lipinski definition) is 8. The van der Waals surface area contributed by atoms with Crippen LogP contribution in [0.15, 0.2) is 121 Å². The van der Waals surface area contributed by atoms with E-state index in [0.717, 1.165) is 30.3 Å². The van der Waals surface area contributed by atoms with Gasteiger partial charge in [-0.15, -0.1) is 39.4 Å². The average Bonchev–Trinajstić information content (AvgIpc) is 3.29. The molecule has 4 aromatic carbocycles. The Bertz CT molecular complexity index is 3500. The van der Waals surface area contributed by atoms with Crippen molar-refractivity contribution in [2.75, 3.05) is 48.5 Å². The van der Waals surface area contributed by atoms with Crippen LogP contribution < -0.4 is 11.5 Å². The van der Waals surface area contributed by atoms with Gasteiger partial charge >= 0.3 is 10.4 Å². The smallest absolute Gasteiger partial charge is 0.395 e. The van der Waals surface area contributed by atoms with Gasteiger partial charge < -0.3 is 11.5 Å². The minimum Gasteiger partial charge on any atom is -0.395 e. The first kappa shape index (κ1) is 61.7. The van der Waals surface area contributed by atoms with E-state index in [2.05, 4.69) is 53.6 Å². The number of azo groups is 3. The number of rotatable bonds is 28. The van der Waals surface area contributed by atoms with E-state index < -0.39 is 182 Å². The average molecular weight is 1230 g/mol. The zero-order chi connectivity index (χ0) is 55.5. The van der Waals surface area contributed by atoms with Crippen LogP contribution in [0.25, 0.3) is 0 Å². The second-order valence-corrected chi connectivity index (χ2v) is 25.9. The topological polar surface area (TPSA) is 551 Å². The Morgan fingerprint density at radius 2 is 0.743 bits per heavy atom. The number of nitrogens with two attached hydrogens (primary N) is 2. The normalized spacial score (nSPS) is 13.4. The highest BCUT2D eigenvalue weighted by Gasteiger charge is 2.27. The van der Waals surface area contributed by atoms with Gasteiger partial charge in [-0.25, -0.2) is 40.0 Å². The molecule has 0 saturated carbocycles. The van der Waals surface area contributed by atoms with Crippen molar-refractivity contribution in [3.63, 3.8) is 0 Å². The molecule has 10 N–H and O–H groups in total. The van der Waals surface area contributed by atoms with Gasteiger partial charge in [-0.05, 0) is 60.7 Å². The van der Waals surface area contributed by atoms with E-state index in [9.17, 15) is 72.6 Å². The number of sulfone groups is 3. The van der Waals surface area contributed by atoms with E-state index >= 15 is 0 Å². The van der Waals surface area contributed by atoms with Crippen molar-refractivity contribution in [3.05, 3.63) is 60.7 Å². The van der Waals surface area contributed by atoms with Crippen LogP contribution in [-0.2, 0) is 102 Å². The lowest BCUT2D eigenvalue weighted by molar-refractivity contribution is -0.434. The van der Waals surface area contributed by atoms with Crippen LogP contribution in [-0.4, -0.2) is 125 Å². The summed E-state index contributed by atoms with van der Waals surface area (Å²) in [6.07, 6.45) is 0. The lowest BCUT2D eigenvalue weighted by Crippen LogP contribution is -2.16. The van der Waals surface area contributed by atoms with Crippen LogP contribution in [0.4, 0.5) is 45.5 Å². The molecule has 0 saturated heterocycles. The quantitative estimate of drug-likeness (QED) is 0.00758. The van der Waals surface area contributed by atoms with Crippen molar-refractivity contribution in [1.29, 1.82) is 0 Å². The van der Waals surface area contributed by atoms with E-state index in [1.807, 2.05) is 0 Å². The SMILES string of the molecule is Nc1c(N=Nc2ccc(S(=O)(=O)CCOSOOO)cc2S(=O)(=O)O)cc(N=Nc2ccc(S(=O)(=O)CCOSOOO)cc2S(=O)(=O)O)c(N)c1N=Nc1ccc(S(=O)(=O)CCOS(=O)(=O)O)cc1S(=O)(=O)O. The monoisotopic (exact) mass is 1220 g/mol. The van der Waals surface area contributed by atoms with Gasteiger partial charge in [-0.1, -0.05) is 10.1 Å². The lowest BCUT2D eigenvalue weighted by Gasteiger charge is -2.11. The number of benzene rings is 4. The maximum absolute atomic E-state index is 12.9. The summed E-state index contributed by atoms with van der Waals surface area (Å²) in [5, 5.41) is 45.3. The molecule has 0 aliphatic heterocycles. The Morgan fingerprint density at radius 3 is 1.05 bits per heavy atom. The van der Waals surface area contributed by atoms with E-state index in [1.165, 1.54) is 0 Å². The standard InChI is InChI=1S/C30H32N8O27S9/c31-28-23(36-33-20-4-1-17(13-25(20)71(47,48)49)68(41,42)10-7-59-66-64-62-39)16-24(37-34-21-5-2-18(14-26(21)72(50,51)52)69(43,44)11-8-60-67-65-63-40)29(32)30(28)38-35-22-6-3-19(15-27(22)73(53,54)55)70(45,46)12-9-61-74(56,57)58/h1-6,13-16,39-40H,7-12,31-32H2,(H,47,48,49)(H,50,51,52)(H,53,54,55)(H,56,57,58). The van der Waals surface area contributed by atoms with Gasteiger partial charge in [0.15, 0.2) is 54.2 Å². The van der Waals surface area contributed by atoms with Gasteiger partial charge in [0.1, 0.15) is 48.8 Å². The molecule has 4 rings (SSSR count). The summed E-state index contributed by atoms with van der Waals surface area (Å²) >= 11 is 0.0647.